The van der Waals surface area contributed by atoms with Crippen molar-refractivity contribution in [2.45, 2.75) is 46.6 Å². The summed E-state index contributed by atoms with van der Waals surface area (Å²) < 4.78 is 24.3. The summed E-state index contributed by atoms with van der Waals surface area (Å²) in [5.41, 5.74) is 0. The number of carbonyl (C=O) groups is 1. The second-order valence-corrected chi connectivity index (χ2v) is 7.18. The van der Waals surface area contributed by atoms with E-state index in [9.17, 15) is 13.2 Å². The molecule has 0 aliphatic rings. The van der Waals surface area contributed by atoms with Crippen molar-refractivity contribution in [3.8, 4) is 0 Å². The average molecular weight is 278 g/mol. The van der Waals surface area contributed by atoms with E-state index in [-0.39, 0.29) is 24.9 Å². The lowest BCUT2D eigenvalue weighted by Gasteiger charge is -2.23. The van der Waals surface area contributed by atoms with Crippen molar-refractivity contribution in [1.82, 2.24) is 9.62 Å². The van der Waals surface area contributed by atoms with Crippen molar-refractivity contribution in [3.05, 3.63) is 0 Å². The molecular formula is C12H26N2O3S. The van der Waals surface area contributed by atoms with Crippen LogP contribution in [0.2, 0.25) is 0 Å². The van der Waals surface area contributed by atoms with Crippen molar-refractivity contribution < 1.29 is 13.2 Å². The number of sulfonamides is 1. The zero-order valence-electron chi connectivity index (χ0n) is 12.1. The Hall–Kier alpha value is -0.620. The quantitative estimate of drug-likeness (QED) is 0.725. The number of rotatable bonds is 8. The molecule has 1 N–H and O–H groups in total. The van der Waals surface area contributed by atoms with Gasteiger partial charge in [0.2, 0.25) is 15.9 Å². The SMILES string of the molecule is CC(C)CCNC(=O)CCN(C(C)C)S(C)(=O)=O. The zero-order valence-corrected chi connectivity index (χ0v) is 12.9. The van der Waals surface area contributed by atoms with Gasteiger partial charge in [-0.3, -0.25) is 4.79 Å². The first-order valence-electron chi connectivity index (χ1n) is 6.38. The molecule has 18 heavy (non-hydrogen) atoms. The fourth-order valence-corrected chi connectivity index (χ4v) is 2.80. The molecule has 0 saturated carbocycles. The van der Waals surface area contributed by atoms with E-state index >= 15 is 0 Å². The third-order valence-corrected chi connectivity index (χ3v) is 4.06. The Kier molecular flexibility index (Phi) is 7.47. The summed E-state index contributed by atoms with van der Waals surface area (Å²) in [7, 11) is -3.24. The predicted molar refractivity (Wildman–Crippen MR) is 73.8 cm³/mol. The van der Waals surface area contributed by atoms with Crippen molar-refractivity contribution in [3.63, 3.8) is 0 Å². The van der Waals surface area contributed by atoms with E-state index in [1.54, 1.807) is 13.8 Å². The van der Waals surface area contributed by atoms with Crippen LogP contribution in [0, 0.1) is 5.92 Å². The van der Waals surface area contributed by atoms with Crippen molar-refractivity contribution >= 4 is 15.9 Å². The summed E-state index contributed by atoms with van der Waals surface area (Å²) in [6.07, 6.45) is 2.32. The zero-order chi connectivity index (χ0) is 14.3. The molecule has 0 aliphatic carbocycles. The van der Waals surface area contributed by atoms with Gasteiger partial charge in [-0.25, -0.2) is 8.42 Å². The fraction of sp³-hybridized carbons (Fsp3) is 0.917. The number of hydrogen-bond donors (Lipinski definition) is 1. The molecule has 0 atom stereocenters. The van der Waals surface area contributed by atoms with E-state index in [1.807, 2.05) is 0 Å². The van der Waals surface area contributed by atoms with Crippen LogP contribution >= 0.6 is 0 Å². The van der Waals surface area contributed by atoms with E-state index < -0.39 is 10.0 Å². The third-order valence-electron chi connectivity index (χ3n) is 2.61. The molecule has 0 aromatic carbocycles. The number of nitrogens with one attached hydrogen (secondary N) is 1. The second kappa shape index (κ2) is 7.74. The molecule has 0 rings (SSSR count). The topological polar surface area (TPSA) is 66.5 Å². The Morgan fingerprint density at radius 3 is 2.17 bits per heavy atom. The lowest BCUT2D eigenvalue weighted by atomic mass is 10.1. The van der Waals surface area contributed by atoms with Gasteiger partial charge in [-0.2, -0.15) is 4.31 Å². The molecule has 0 aromatic rings. The number of nitrogens with zero attached hydrogens (tertiary/aromatic N) is 1. The van der Waals surface area contributed by atoms with E-state index in [0.717, 1.165) is 6.42 Å². The van der Waals surface area contributed by atoms with Gasteiger partial charge in [0.15, 0.2) is 0 Å². The van der Waals surface area contributed by atoms with Crippen molar-refractivity contribution in [1.29, 1.82) is 0 Å². The van der Waals surface area contributed by atoms with Crippen LogP contribution in [-0.2, 0) is 14.8 Å². The first kappa shape index (κ1) is 17.4. The van der Waals surface area contributed by atoms with E-state index in [0.29, 0.717) is 12.5 Å². The lowest BCUT2D eigenvalue weighted by Crippen LogP contribution is -2.39. The smallest absolute Gasteiger partial charge is 0.221 e. The van der Waals surface area contributed by atoms with Crippen LogP contribution in [-0.4, -0.2) is 44.0 Å². The molecule has 0 aromatic heterocycles. The first-order chi connectivity index (χ1) is 8.14. The van der Waals surface area contributed by atoms with Gasteiger partial charge in [-0.1, -0.05) is 13.8 Å². The van der Waals surface area contributed by atoms with E-state index in [4.69, 9.17) is 0 Å². The summed E-state index contributed by atoms with van der Waals surface area (Å²) in [6.45, 7) is 8.68. The van der Waals surface area contributed by atoms with Crippen molar-refractivity contribution in [2.24, 2.45) is 5.92 Å². The largest absolute Gasteiger partial charge is 0.356 e. The summed E-state index contributed by atoms with van der Waals surface area (Å²) in [6, 6.07) is -0.122. The van der Waals surface area contributed by atoms with Crippen LogP contribution in [0.3, 0.4) is 0 Å². The minimum absolute atomic E-state index is 0.0926. The molecule has 0 unspecified atom stereocenters. The van der Waals surface area contributed by atoms with Crippen molar-refractivity contribution in [2.75, 3.05) is 19.3 Å². The van der Waals surface area contributed by atoms with Gasteiger partial charge in [-0.15, -0.1) is 0 Å². The monoisotopic (exact) mass is 278 g/mol. The molecule has 1 amide bonds. The van der Waals surface area contributed by atoms with Gasteiger partial charge in [-0.05, 0) is 26.2 Å². The molecule has 108 valence electrons. The summed E-state index contributed by atoms with van der Waals surface area (Å²) in [5.74, 6) is 0.457. The first-order valence-corrected chi connectivity index (χ1v) is 8.23. The Labute approximate surface area is 111 Å². The van der Waals surface area contributed by atoms with Gasteiger partial charge in [0.05, 0.1) is 6.26 Å². The molecule has 0 spiro atoms. The maximum Gasteiger partial charge on any atom is 0.221 e. The van der Waals surface area contributed by atoms with Crippen LogP contribution in [0.1, 0.15) is 40.5 Å². The average Bonchev–Trinajstić information content (AvgIpc) is 2.14. The van der Waals surface area contributed by atoms with Crippen LogP contribution < -0.4 is 5.32 Å². The van der Waals surface area contributed by atoms with Gasteiger partial charge >= 0.3 is 0 Å². The van der Waals surface area contributed by atoms with Crippen LogP contribution in [0.15, 0.2) is 0 Å². The Morgan fingerprint density at radius 2 is 1.78 bits per heavy atom. The highest BCUT2D eigenvalue weighted by Crippen LogP contribution is 2.06. The maximum absolute atomic E-state index is 11.5. The highest BCUT2D eigenvalue weighted by Gasteiger charge is 2.20. The Balaban J connectivity index is 4.10. The molecular weight excluding hydrogens is 252 g/mol. The molecule has 6 heteroatoms. The Morgan fingerprint density at radius 1 is 1.22 bits per heavy atom. The number of amides is 1. The predicted octanol–water partition coefficient (Wildman–Crippen LogP) is 1.21. The lowest BCUT2D eigenvalue weighted by molar-refractivity contribution is -0.121. The summed E-state index contributed by atoms with van der Waals surface area (Å²) >= 11 is 0. The third kappa shape index (κ3) is 7.66. The highest BCUT2D eigenvalue weighted by molar-refractivity contribution is 7.88. The molecule has 0 fully saturated rings. The molecule has 0 aliphatic heterocycles. The van der Waals surface area contributed by atoms with Gasteiger partial charge in [0.1, 0.15) is 0 Å². The molecule has 0 saturated heterocycles. The van der Waals surface area contributed by atoms with Gasteiger partial charge in [0.25, 0.3) is 0 Å². The van der Waals surface area contributed by atoms with Gasteiger partial charge in [0, 0.05) is 25.6 Å². The number of hydrogen-bond acceptors (Lipinski definition) is 3. The van der Waals surface area contributed by atoms with Crippen LogP contribution in [0.25, 0.3) is 0 Å². The minimum Gasteiger partial charge on any atom is -0.356 e. The van der Waals surface area contributed by atoms with Crippen LogP contribution in [0.4, 0.5) is 0 Å². The fourth-order valence-electron chi connectivity index (χ4n) is 1.61. The molecule has 0 radical (unpaired) electrons. The molecule has 0 heterocycles. The molecule has 0 bridgehead atoms. The highest BCUT2D eigenvalue weighted by atomic mass is 32.2. The number of carbonyl (C=O) groups excluding carboxylic acids is 1. The standard InChI is InChI=1S/C12H26N2O3S/c1-10(2)6-8-13-12(15)7-9-14(11(3)4)18(5,16)17/h10-11H,6-9H2,1-5H3,(H,13,15). The van der Waals surface area contributed by atoms with Crippen LogP contribution in [0.5, 0.6) is 0 Å². The summed E-state index contributed by atoms with van der Waals surface area (Å²) in [5, 5.41) is 2.80. The minimum atomic E-state index is -3.24. The summed E-state index contributed by atoms with van der Waals surface area (Å²) in [4.78, 5) is 11.5. The van der Waals surface area contributed by atoms with Gasteiger partial charge < -0.3 is 5.32 Å². The second-order valence-electron chi connectivity index (χ2n) is 5.25. The Bertz CT molecular complexity index is 350. The van der Waals surface area contributed by atoms with E-state index in [1.165, 1.54) is 10.6 Å². The van der Waals surface area contributed by atoms with E-state index in [2.05, 4.69) is 19.2 Å². The molecule has 5 nitrogen and oxygen atoms in total. The normalized spacial score (nSPS) is 12.4. The maximum atomic E-state index is 11.5.